The zero-order valence-corrected chi connectivity index (χ0v) is 17.2. The van der Waals surface area contributed by atoms with Gasteiger partial charge in [0.15, 0.2) is 0 Å². The van der Waals surface area contributed by atoms with E-state index in [0.717, 1.165) is 24.8 Å². The predicted octanol–water partition coefficient (Wildman–Crippen LogP) is 4.11. The Balaban J connectivity index is 1.20. The van der Waals surface area contributed by atoms with Crippen LogP contribution in [0.15, 0.2) is 73.3 Å². The van der Waals surface area contributed by atoms with Crippen molar-refractivity contribution in [2.45, 2.75) is 25.7 Å². The molecule has 0 bridgehead atoms. The summed E-state index contributed by atoms with van der Waals surface area (Å²) in [4.78, 5) is 20.8. The minimum absolute atomic E-state index is 0.0851. The topological polar surface area (TPSA) is 72.2 Å². The summed E-state index contributed by atoms with van der Waals surface area (Å²) < 4.78 is 1.67. The number of nitrogens with one attached hydrogen (secondary N) is 1. The molecule has 5 rings (SSSR count). The van der Waals surface area contributed by atoms with Crippen LogP contribution in [0.1, 0.15) is 24.0 Å². The lowest BCUT2D eigenvalue weighted by Gasteiger charge is -2.12. The second kappa shape index (κ2) is 8.52. The van der Waals surface area contributed by atoms with E-state index in [1.54, 1.807) is 4.52 Å². The number of rotatable bonds is 7. The summed E-state index contributed by atoms with van der Waals surface area (Å²) in [6.07, 6.45) is 8.12. The molecular weight excluding hydrogens is 386 g/mol. The maximum Gasteiger partial charge on any atom is 0.252 e. The predicted molar refractivity (Wildman–Crippen MR) is 122 cm³/mol. The van der Waals surface area contributed by atoms with Crippen LogP contribution in [0.2, 0.25) is 0 Å². The quantitative estimate of drug-likeness (QED) is 0.324. The molecular formula is C25H23N5O. The van der Waals surface area contributed by atoms with Crippen LogP contribution in [0.4, 0.5) is 0 Å². The van der Waals surface area contributed by atoms with Crippen LogP contribution >= 0.6 is 0 Å². The number of aromatic nitrogens is 4. The second-order valence-corrected chi connectivity index (χ2v) is 7.72. The number of amides is 1. The molecule has 2 heterocycles. The fourth-order valence-electron chi connectivity index (χ4n) is 4.11. The van der Waals surface area contributed by atoms with Crippen molar-refractivity contribution in [3.63, 3.8) is 0 Å². The van der Waals surface area contributed by atoms with Gasteiger partial charge in [-0.15, -0.1) is 0 Å². The number of fused-ring (bicyclic) bond motifs is 3. The van der Waals surface area contributed by atoms with Crippen molar-refractivity contribution in [3.8, 4) is 0 Å². The number of hydrogen-bond acceptors (Lipinski definition) is 4. The first kappa shape index (κ1) is 19.2. The SMILES string of the molecule is O=C(CCc1c2ccccc2cc2ccccc12)NCCCc1cnc2ncnn2c1. The highest BCUT2D eigenvalue weighted by Crippen LogP contribution is 2.29. The third-order valence-corrected chi connectivity index (χ3v) is 5.64. The minimum Gasteiger partial charge on any atom is -0.356 e. The minimum atomic E-state index is 0.0851. The lowest BCUT2D eigenvalue weighted by Crippen LogP contribution is -2.25. The van der Waals surface area contributed by atoms with Gasteiger partial charge in [0, 0.05) is 25.4 Å². The molecule has 0 saturated heterocycles. The van der Waals surface area contributed by atoms with Crippen molar-refractivity contribution in [2.24, 2.45) is 0 Å². The molecule has 0 spiro atoms. The van der Waals surface area contributed by atoms with Crippen LogP contribution < -0.4 is 5.32 Å². The van der Waals surface area contributed by atoms with Gasteiger partial charge in [-0.3, -0.25) is 4.79 Å². The summed E-state index contributed by atoms with van der Waals surface area (Å²) in [5, 5.41) is 12.1. The van der Waals surface area contributed by atoms with E-state index in [1.165, 1.54) is 33.4 Å². The average molecular weight is 409 g/mol. The first-order valence-electron chi connectivity index (χ1n) is 10.6. The molecule has 0 atom stereocenters. The van der Waals surface area contributed by atoms with Gasteiger partial charge in [-0.05, 0) is 58.0 Å². The van der Waals surface area contributed by atoms with Crippen LogP contribution in [-0.2, 0) is 17.6 Å². The highest BCUT2D eigenvalue weighted by Gasteiger charge is 2.10. The van der Waals surface area contributed by atoms with Crippen molar-refractivity contribution in [3.05, 3.63) is 84.4 Å². The van der Waals surface area contributed by atoms with E-state index in [0.29, 0.717) is 18.7 Å². The molecule has 0 unspecified atom stereocenters. The second-order valence-electron chi connectivity index (χ2n) is 7.72. The summed E-state index contributed by atoms with van der Waals surface area (Å²) >= 11 is 0. The molecule has 1 N–H and O–H groups in total. The maximum atomic E-state index is 12.5. The Hall–Kier alpha value is -3.80. The fourth-order valence-corrected chi connectivity index (χ4v) is 4.11. The molecule has 154 valence electrons. The number of carbonyl (C=O) groups is 1. The van der Waals surface area contributed by atoms with Gasteiger partial charge < -0.3 is 5.32 Å². The van der Waals surface area contributed by atoms with Crippen LogP contribution in [0.5, 0.6) is 0 Å². The largest absolute Gasteiger partial charge is 0.356 e. The maximum absolute atomic E-state index is 12.5. The van der Waals surface area contributed by atoms with Gasteiger partial charge in [-0.2, -0.15) is 10.1 Å². The lowest BCUT2D eigenvalue weighted by atomic mass is 9.94. The zero-order chi connectivity index (χ0) is 21.0. The average Bonchev–Trinajstić information content (AvgIpc) is 3.27. The summed E-state index contributed by atoms with van der Waals surface area (Å²) in [7, 11) is 0. The van der Waals surface area contributed by atoms with E-state index in [-0.39, 0.29) is 5.91 Å². The van der Waals surface area contributed by atoms with Gasteiger partial charge in [0.2, 0.25) is 5.91 Å². The Morgan fingerprint density at radius 2 is 1.68 bits per heavy atom. The molecule has 6 heteroatoms. The Morgan fingerprint density at radius 3 is 2.45 bits per heavy atom. The van der Waals surface area contributed by atoms with Gasteiger partial charge in [0.25, 0.3) is 5.78 Å². The molecule has 0 aliphatic rings. The zero-order valence-electron chi connectivity index (χ0n) is 17.2. The first-order chi connectivity index (χ1) is 15.3. The van der Waals surface area contributed by atoms with Crippen LogP contribution in [0, 0.1) is 0 Å². The normalized spacial score (nSPS) is 11.4. The fraction of sp³-hybridized carbons (Fsp3) is 0.200. The van der Waals surface area contributed by atoms with Gasteiger partial charge >= 0.3 is 0 Å². The Bertz CT molecular complexity index is 1320. The third-order valence-electron chi connectivity index (χ3n) is 5.64. The number of nitrogens with zero attached hydrogens (tertiary/aromatic N) is 4. The van der Waals surface area contributed by atoms with E-state index in [4.69, 9.17) is 0 Å². The van der Waals surface area contributed by atoms with Crippen molar-refractivity contribution < 1.29 is 4.79 Å². The smallest absolute Gasteiger partial charge is 0.252 e. The van der Waals surface area contributed by atoms with E-state index < -0.39 is 0 Å². The van der Waals surface area contributed by atoms with Gasteiger partial charge in [0.05, 0.1) is 0 Å². The molecule has 2 aromatic heterocycles. The Labute approximate surface area is 179 Å². The summed E-state index contributed by atoms with van der Waals surface area (Å²) in [5.41, 5.74) is 2.32. The van der Waals surface area contributed by atoms with E-state index in [1.807, 2.05) is 12.4 Å². The molecule has 0 aliphatic heterocycles. The molecule has 0 saturated carbocycles. The number of aryl methyl sites for hydroxylation is 2. The molecule has 1 amide bonds. The monoisotopic (exact) mass is 409 g/mol. The highest BCUT2D eigenvalue weighted by atomic mass is 16.1. The van der Waals surface area contributed by atoms with Crippen LogP contribution in [0.25, 0.3) is 27.3 Å². The molecule has 5 aromatic rings. The molecule has 0 radical (unpaired) electrons. The lowest BCUT2D eigenvalue weighted by molar-refractivity contribution is -0.121. The molecule has 0 aliphatic carbocycles. The highest BCUT2D eigenvalue weighted by molar-refractivity contribution is 6.02. The van der Waals surface area contributed by atoms with E-state index in [9.17, 15) is 4.79 Å². The third kappa shape index (κ3) is 4.10. The van der Waals surface area contributed by atoms with E-state index in [2.05, 4.69) is 75.0 Å². The Morgan fingerprint density at radius 1 is 0.935 bits per heavy atom. The number of carbonyl (C=O) groups excluding carboxylic acids is 1. The molecule has 3 aromatic carbocycles. The first-order valence-corrected chi connectivity index (χ1v) is 10.6. The van der Waals surface area contributed by atoms with Crippen molar-refractivity contribution in [2.75, 3.05) is 6.54 Å². The van der Waals surface area contributed by atoms with Crippen molar-refractivity contribution in [1.29, 1.82) is 0 Å². The van der Waals surface area contributed by atoms with Crippen LogP contribution in [0.3, 0.4) is 0 Å². The Kier molecular flexibility index (Phi) is 5.27. The van der Waals surface area contributed by atoms with Gasteiger partial charge in [0.1, 0.15) is 6.33 Å². The van der Waals surface area contributed by atoms with Gasteiger partial charge in [-0.1, -0.05) is 48.5 Å². The van der Waals surface area contributed by atoms with Crippen molar-refractivity contribution in [1.82, 2.24) is 24.9 Å². The molecule has 31 heavy (non-hydrogen) atoms. The summed E-state index contributed by atoms with van der Waals surface area (Å²) in [6, 6.07) is 19.0. The summed E-state index contributed by atoms with van der Waals surface area (Å²) in [6.45, 7) is 0.643. The van der Waals surface area contributed by atoms with Crippen LogP contribution in [-0.4, -0.2) is 32.0 Å². The summed E-state index contributed by atoms with van der Waals surface area (Å²) in [5.74, 6) is 0.680. The molecule has 6 nitrogen and oxygen atoms in total. The van der Waals surface area contributed by atoms with E-state index >= 15 is 0 Å². The number of benzene rings is 3. The van der Waals surface area contributed by atoms with Gasteiger partial charge in [-0.25, -0.2) is 9.50 Å². The standard InChI is InChI=1S/C25H23N5O/c31-24(26-13-5-6-18-15-27-25-28-17-29-30(25)16-18)12-11-23-21-9-3-1-7-19(21)14-20-8-2-4-10-22(20)23/h1-4,7-10,14-17H,5-6,11-13H2,(H,26,31). The number of hydrogen-bond donors (Lipinski definition) is 1. The van der Waals surface area contributed by atoms with Crippen molar-refractivity contribution >= 4 is 33.2 Å². The molecule has 0 fully saturated rings.